The predicted octanol–water partition coefficient (Wildman–Crippen LogP) is 1.09. The Balaban J connectivity index is 3.22. The molecule has 0 fully saturated rings. The van der Waals surface area contributed by atoms with Gasteiger partial charge in [-0.1, -0.05) is 6.07 Å². The molecule has 0 heterocycles. The molecule has 1 N–H and O–H groups in total. The average molecular weight is 206 g/mol. The molecule has 0 aliphatic carbocycles. The summed E-state index contributed by atoms with van der Waals surface area (Å²) >= 11 is 0. The molecule has 0 bridgehead atoms. The number of nitriles is 1. The van der Waals surface area contributed by atoms with Crippen LogP contribution in [0.4, 0.5) is 5.69 Å². The molecule has 0 radical (unpaired) electrons. The van der Waals surface area contributed by atoms with Crippen molar-refractivity contribution in [1.82, 2.24) is 0 Å². The fraction of sp³-hybridized carbons (Fsp3) is 0.111. The molecule has 15 heavy (non-hydrogen) atoms. The summed E-state index contributed by atoms with van der Waals surface area (Å²) in [4.78, 5) is 20.3. The van der Waals surface area contributed by atoms with E-state index in [0.717, 1.165) is 6.07 Å². The smallest absolute Gasteiger partial charge is 0.308 e. The number of hydrogen-bond donors (Lipinski definition) is 1. The van der Waals surface area contributed by atoms with Crippen molar-refractivity contribution < 1.29 is 14.8 Å². The lowest BCUT2D eigenvalue weighted by atomic mass is 10.1. The second-order valence-corrected chi connectivity index (χ2v) is 2.78. The molecule has 0 atom stereocenters. The number of carboxylic acid groups (broad SMARTS) is 1. The summed E-state index contributed by atoms with van der Waals surface area (Å²) < 4.78 is 0. The van der Waals surface area contributed by atoms with Gasteiger partial charge in [-0.3, -0.25) is 14.9 Å². The number of aliphatic carboxylic acids is 1. The molecule has 1 aromatic carbocycles. The summed E-state index contributed by atoms with van der Waals surface area (Å²) in [5.41, 5.74) is -0.112. The van der Waals surface area contributed by atoms with E-state index in [1.807, 2.05) is 0 Å². The van der Waals surface area contributed by atoms with E-state index in [1.165, 1.54) is 12.1 Å². The third-order valence-electron chi connectivity index (χ3n) is 1.75. The van der Waals surface area contributed by atoms with Crippen LogP contribution in [0.15, 0.2) is 18.2 Å². The minimum Gasteiger partial charge on any atom is -0.481 e. The van der Waals surface area contributed by atoms with Crippen molar-refractivity contribution in [2.75, 3.05) is 0 Å². The first-order valence-electron chi connectivity index (χ1n) is 3.94. The van der Waals surface area contributed by atoms with E-state index < -0.39 is 17.3 Å². The molecule has 0 spiro atoms. The fourth-order valence-corrected chi connectivity index (χ4v) is 1.12. The van der Waals surface area contributed by atoms with Crippen molar-refractivity contribution in [2.45, 2.75) is 6.42 Å². The summed E-state index contributed by atoms with van der Waals surface area (Å²) in [6.45, 7) is 0. The van der Waals surface area contributed by atoms with Crippen LogP contribution in [-0.2, 0) is 11.2 Å². The van der Waals surface area contributed by atoms with E-state index in [2.05, 4.69) is 0 Å². The van der Waals surface area contributed by atoms with Gasteiger partial charge >= 0.3 is 5.97 Å². The Bertz CT molecular complexity index is 462. The maximum Gasteiger partial charge on any atom is 0.308 e. The number of nitrogens with zero attached hydrogens (tertiary/aromatic N) is 2. The second-order valence-electron chi connectivity index (χ2n) is 2.78. The van der Waals surface area contributed by atoms with Gasteiger partial charge in [-0.15, -0.1) is 0 Å². The van der Waals surface area contributed by atoms with Gasteiger partial charge in [0, 0.05) is 11.6 Å². The highest BCUT2D eigenvalue weighted by Crippen LogP contribution is 2.20. The average Bonchev–Trinajstić information content (AvgIpc) is 2.17. The van der Waals surface area contributed by atoms with Crippen molar-refractivity contribution in [2.24, 2.45) is 0 Å². The molecule has 0 aliphatic heterocycles. The molecule has 0 saturated carbocycles. The zero-order valence-electron chi connectivity index (χ0n) is 7.51. The quantitative estimate of drug-likeness (QED) is 0.588. The lowest BCUT2D eigenvalue weighted by Crippen LogP contribution is -2.03. The van der Waals surface area contributed by atoms with Crippen LogP contribution >= 0.6 is 0 Å². The Morgan fingerprint density at radius 1 is 1.60 bits per heavy atom. The van der Waals surface area contributed by atoms with Crippen LogP contribution in [0.2, 0.25) is 0 Å². The van der Waals surface area contributed by atoms with E-state index in [-0.39, 0.29) is 16.8 Å². The number of rotatable bonds is 3. The van der Waals surface area contributed by atoms with Crippen molar-refractivity contribution in [3.8, 4) is 6.07 Å². The normalized spacial score (nSPS) is 9.27. The highest BCUT2D eigenvalue weighted by atomic mass is 16.6. The maximum atomic E-state index is 10.6. The molecule has 6 heteroatoms. The highest BCUT2D eigenvalue weighted by Gasteiger charge is 2.16. The van der Waals surface area contributed by atoms with Crippen LogP contribution in [0.5, 0.6) is 0 Å². The second kappa shape index (κ2) is 4.19. The summed E-state index contributed by atoms with van der Waals surface area (Å²) in [5, 5.41) is 27.6. The van der Waals surface area contributed by atoms with Gasteiger partial charge in [-0.05, 0) is 6.07 Å². The highest BCUT2D eigenvalue weighted by molar-refractivity contribution is 5.72. The molecule has 1 rings (SSSR count). The van der Waals surface area contributed by atoms with Crippen LogP contribution in [0.25, 0.3) is 0 Å². The first-order valence-corrected chi connectivity index (χ1v) is 3.94. The van der Waals surface area contributed by atoms with E-state index in [0.29, 0.717) is 0 Å². The van der Waals surface area contributed by atoms with E-state index in [9.17, 15) is 14.9 Å². The molecule has 1 aromatic rings. The Labute approximate surface area is 84.5 Å². The van der Waals surface area contributed by atoms with E-state index in [4.69, 9.17) is 10.4 Å². The monoisotopic (exact) mass is 206 g/mol. The first-order chi connectivity index (χ1) is 7.04. The van der Waals surface area contributed by atoms with Crippen molar-refractivity contribution >= 4 is 11.7 Å². The third-order valence-corrected chi connectivity index (χ3v) is 1.75. The van der Waals surface area contributed by atoms with Crippen molar-refractivity contribution in [3.05, 3.63) is 39.4 Å². The molecular formula is C9H6N2O4. The van der Waals surface area contributed by atoms with Crippen LogP contribution in [0.3, 0.4) is 0 Å². The zero-order chi connectivity index (χ0) is 11.4. The molecule has 0 aromatic heterocycles. The minimum absolute atomic E-state index is 0.0894. The number of nitro groups is 1. The minimum atomic E-state index is -1.15. The number of benzene rings is 1. The van der Waals surface area contributed by atoms with Gasteiger partial charge in [0.25, 0.3) is 5.69 Å². The van der Waals surface area contributed by atoms with Gasteiger partial charge in [0.15, 0.2) is 0 Å². The topological polar surface area (TPSA) is 104 Å². The Hall–Kier alpha value is -2.42. The molecule has 76 valence electrons. The fourth-order valence-electron chi connectivity index (χ4n) is 1.12. The molecule has 6 nitrogen and oxygen atoms in total. The van der Waals surface area contributed by atoms with Crippen LogP contribution < -0.4 is 0 Å². The summed E-state index contributed by atoms with van der Waals surface area (Å²) in [5.74, 6) is -1.15. The van der Waals surface area contributed by atoms with Gasteiger partial charge in [0.1, 0.15) is 0 Å². The van der Waals surface area contributed by atoms with Gasteiger partial charge in [-0.2, -0.15) is 5.26 Å². The number of carboxylic acids is 1. The van der Waals surface area contributed by atoms with E-state index in [1.54, 1.807) is 6.07 Å². The van der Waals surface area contributed by atoms with Crippen molar-refractivity contribution in [3.63, 3.8) is 0 Å². The van der Waals surface area contributed by atoms with Crippen LogP contribution in [0, 0.1) is 21.4 Å². The van der Waals surface area contributed by atoms with Crippen LogP contribution in [-0.4, -0.2) is 16.0 Å². The standard InChI is InChI=1S/C9H6N2O4/c10-5-6-1-2-7(4-9(12)13)8(3-6)11(14)15/h1-3H,4H2,(H,12,13). The van der Waals surface area contributed by atoms with Gasteiger partial charge in [0.2, 0.25) is 0 Å². The molecule has 0 amide bonds. The molecule has 0 unspecified atom stereocenters. The Morgan fingerprint density at radius 2 is 2.27 bits per heavy atom. The predicted molar refractivity (Wildman–Crippen MR) is 49.2 cm³/mol. The maximum absolute atomic E-state index is 10.6. The van der Waals surface area contributed by atoms with Gasteiger partial charge in [-0.25, -0.2) is 0 Å². The molecule has 0 saturated heterocycles. The first kappa shape index (κ1) is 10.7. The number of hydrogen-bond acceptors (Lipinski definition) is 4. The Morgan fingerprint density at radius 3 is 2.73 bits per heavy atom. The third kappa shape index (κ3) is 2.51. The SMILES string of the molecule is N#Cc1ccc(CC(=O)O)c([N+](=O)[O-])c1. The van der Waals surface area contributed by atoms with Gasteiger partial charge in [0.05, 0.1) is 23.0 Å². The van der Waals surface area contributed by atoms with Gasteiger partial charge < -0.3 is 5.11 Å². The zero-order valence-corrected chi connectivity index (χ0v) is 7.51. The summed E-state index contributed by atoms with van der Waals surface area (Å²) in [6.07, 6.45) is -0.429. The largest absolute Gasteiger partial charge is 0.481 e. The summed E-state index contributed by atoms with van der Waals surface area (Å²) in [7, 11) is 0. The Kier molecular flexibility index (Phi) is 2.98. The molecule has 0 aliphatic rings. The summed E-state index contributed by atoms with van der Waals surface area (Å²) in [6, 6.07) is 5.45. The van der Waals surface area contributed by atoms with E-state index >= 15 is 0 Å². The van der Waals surface area contributed by atoms with Crippen molar-refractivity contribution in [1.29, 1.82) is 5.26 Å². The lowest BCUT2D eigenvalue weighted by Gasteiger charge is -1.99. The number of nitro benzene ring substituents is 1. The van der Waals surface area contributed by atoms with Crippen LogP contribution in [0.1, 0.15) is 11.1 Å². The lowest BCUT2D eigenvalue weighted by molar-refractivity contribution is -0.385. The molecular weight excluding hydrogens is 200 g/mol. The number of carbonyl (C=O) groups is 1.